The van der Waals surface area contributed by atoms with E-state index in [1.165, 1.54) is 12.1 Å². The number of aliphatic imine (C=N–C) groups is 1. The highest BCUT2D eigenvalue weighted by molar-refractivity contribution is 14.0. The number of hydrogen-bond acceptors (Lipinski definition) is 4. The molecule has 7 nitrogen and oxygen atoms in total. The molecule has 1 aliphatic rings. The van der Waals surface area contributed by atoms with Crippen LogP contribution in [0.2, 0.25) is 0 Å². The average molecular weight is 526 g/mol. The Bertz CT molecular complexity index is 810. The van der Waals surface area contributed by atoms with Crippen molar-refractivity contribution in [3.63, 3.8) is 0 Å². The second kappa shape index (κ2) is 12.3. The van der Waals surface area contributed by atoms with Gasteiger partial charge in [-0.2, -0.15) is 0 Å². The standard InChI is InChI=1S/C21H27FN6O.HI/c22-17-4-6-19(7-5-17)27-13-15-28(16-14-27)20(29)9-12-26-21(23)25-11-8-18-3-1-2-10-24-18;/h1-7,10H,8-9,11-16H2,(H3,23,25,26);1H. The molecular weight excluding hydrogens is 498 g/mol. The predicted molar refractivity (Wildman–Crippen MR) is 128 cm³/mol. The minimum atomic E-state index is -0.242. The van der Waals surface area contributed by atoms with E-state index >= 15 is 0 Å². The summed E-state index contributed by atoms with van der Waals surface area (Å²) in [4.78, 5) is 24.9. The normalized spacial score (nSPS) is 14.2. The van der Waals surface area contributed by atoms with Crippen LogP contribution in [-0.4, -0.2) is 61.0 Å². The SMILES string of the molecule is I.NC(=NCCC(=O)N1CCN(c2ccc(F)cc2)CC1)NCCc1ccccn1. The minimum Gasteiger partial charge on any atom is -0.370 e. The number of carbonyl (C=O) groups is 1. The van der Waals surface area contributed by atoms with Gasteiger partial charge >= 0.3 is 0 Å². The van der Waals surface area contributed by atoms with Crippen molar-refractivity contribution in [2.75, 3.05) is 44.2 Å². The molecular formula is C21H28FIN6O. The summed E-state index contributed by atoms with van der Waals surface area (Å²) in [5.74, 6) is 0.178. The molecule has 1 aliphatic heterocycles. The number of guanidine groups is 1. The van der Waals surface area contributed by atoms with Crippen molar-refractivity contribution in [1.29, 1.82) is 0 Å². The van der Waals surface area contributed by atoms with Gasteiger partial charge in [-0.3, -0.25) is 14.8 Å². The highest BCUT2D eigenvalue weighted by Gasteiger charge is 2.20. The van der Waals surface area contributed by atoms with Crippen molar-refractivity contribution in [2.24, 2.45) is 10.7 Å². The van der Waals surface area contributed by atoms with E-state index < -0.39 is 0 Å². The van der Waals surface area contributed by atoms with E-state index in [0.29, 0.717) is 38.6 Å². The first-order valence-corrected chi connectivity index (χ1v) is 9.84. The quantitative estimate of drug-likeness (QED) is 0.328. The molecule has 0 spiro atoms. The van der Waals surface area contributed by atoms with Crippen LogP contribution in [0.1, 0.15) is 12.1 Å². The van der Waals surface area contributed by atoms with Crippen LogP contribution in [0, 0.1) is 5.82 Å². The van der Waals surface area contributed by atoms with E-state index in [1.54, 1.807) is 18.3 Å². The number of nitrogens with two attached hydrogens (primary N) is 1. The molecule has 1 aromatic carbocycles. The number of rotatable bonds is 7. The molecule has 3 rings (SSSR count). The van der Waals surface area contributed by atoms with Crippen LogP contribution in [-0.2, 0) is 11.2 Å². The molecule has 30 heavy (non-hydrogen) atoms. The van der Waals surface area contributed by atoms with Crippen LogP contribution in [0.3, 0.4) is 0 Å². The predicted octanol–water partition coefficient (Wildman–Crippen LogP) is 2.02. The number of aromatic nitrogens is 1. The second-order valence-electron chi connectivity index (χ2n) is 6.86. The third-order valence-corrected chi connectivity index (χ3v) is 4.85. The molecule has 2 aromatic rings. The van der Waals surface area contributed by atoms with Gasteiger partial charge in [0.15, 0.2) is 5.96 Å². The Labute approximate surface area is 193 Å². The lowest BCUT2D eigenvalue weighted by Gasteiger charge is -2.36. The maximum absolute atomic E-state index is 13.0. The van der Waals surface area contributed by atoms with E-state index in [9.17, 15) is 9.18 Å². The zero-order valence-electron chi connectivity index (χ0n) is 16.8. The van der Waals surface area contributed by atoms with Gasteiger partial charge in [0.1, 0.15) is 5.82 Å². The second-order valence-corrected chi connectivity index (χ2v) is 6.86. The summed E-state index contributed by atoms with van der Waals surface area (Å²) in [6.07, 6.45) is 2.85. The Morgan fingerprint density at radius 2 is 1.87 bits per heavy atom. The van der Waals surface area contributed by atoms with Gasteiger partial charge in [-0.1, -0.05) is 6.07 Å². The molecule has 0 bridgehead atoms. The average Bonchev–Trinajstić information content (AvgIpc) is 2.75. The van der Waals surface area contributed by atoms with Gasteiger partial charge in [-0.15, -0.1) is 24.0 Å². The number of amides is 1. The van der Waals surface area contributed by atoms with Gasteiger partial charge in [-0.25, -0.2) is 4.39 Å². The summed E-state index contributed by atoms with van der Waals surface area (Å²) in [7, 11) is 0. The van der Waals surface area contributed by atoms with E-state index in [-0.39, 0.29) is 35.7 Å². The van der Waals surface area contributed by atoms with Crippen LogP contribution >= 0.6 is 24.0 Å². The molecule has 162 valence electrons. The maximum atomic E-state index is 13.0. The third kappa shape index (κ3) is 7.43. The van der Waals surface area contributed by atoms with Gasteiger partial charge in [0.2, 0.25) is 5.91 Å². The Morgan fingerprint density at radius 3 is 2.53 bits per heavy atom. The first kappa shape index (κ1) is 23.8. The van der Waals surface area contributed by atoms with Gasteiger partial charge < -0.3 is 20.9 Å². The summed E-state index contributed by atoms with van der Waals surface area (Å²) in [5.41, 5.74) is 7.82. The van der Waals surface area contributed by atoms with Crippen LogP contribution in [0.5, 0.6) is 0 Å². The van der Waals surface area contributed by atoms with Gasteiger partial charge in [-0.05, 0) is 36.4 Å². The van der Waals surface area contributed by atoms with E-state index in [4.69, 9.17) is 5.73 Å². The lowest BCUT2D eigenvalue weighted by molar-refractivity contribution is -0.131. The number of benzene rings is 1. The highest BCUT2D eigenvalue weighted by Crippen LogP contribution is 2.17. The fourth-order valence-corrected chi connectivity index (χ4v) is 3.22. The fourth-order valence-electron chi connectivity index (χ4n) is 3.22. The molecule has 1 amide bonds. The Morgan fingerprint density at radius 1 is 1.13 bits per heavy atom. The summed E-state index contributed by atoms with van der Waals surface area (Å²) in [5, 5.41) is 3.04. The number of nitrogens with one attached hydrogen (secondary N) is 1. The van der Waals surface area contributed by atoms with Crippen LogP contribution in [0.4, 0.5) is 10.1 Å². The smallest absolute Gasteiger partial charge is 0.224 e. The zero-order valence-corrected chi connectivity index (χ0v) is 19.2. The lowest BCUT2D eigenvalue weighted by atomic mass is 10.2. The third-order valence-electron chi connectivity index (χ3n) is 4.85. The number of anilines is 1. The topological polar surface area (TPSA) is 86.8 Å². The number of piperazine rings is 1. The van der Waals surface area contributed by atoms with Crippen molar-refractivity contribution < 1.29 is 9.18 Å². The fraction of sp³-hybridized carbons (Fsp3) is 0.381. The van der Waals surface area contributed by atoms with Crippen LogP contribution < -0.4 is 16.0 Å². The maximum Gasteiger partial charge on any atom is 0.224 e. The highest BCUT2D eigenvalue weighted by atomic mass is 127. The molecule has 3 N–H and O–H groups in total. The first-order chi connectivity index (χ1) is 14.1. The van der Waals surface area contributed by atoms with Gasteiger partial charge in [0.25, 0.3) is 0 Å². The molecule has 9 heteroatoms. The van der Waals surface area contributed by atoms with Crippen molar-refractivity contribution >= 4 is 41.5 Å². The number of pyridine rings is 1. The molecule has 0 radical (unpaired) electrons. The summed E-state index contributed by atoms with van der Waals surface area (Å²) >= 11 is 0. The van der Waals surface area contributed by atoms with Crippen molar-refractivity contribution in [1.82, 2.24) is 15.2 Å². The van der Waals surface area contributed by atoms with Gasteiger partial charge in [0, 0.05) is 63.1 Å². The monoisotopic (exact) mass is 526 g/mol. The summed E-state index contributed by atoms with van der Waals surface area (Å²) in [6, 6.07) is 12.2. The van der Waals surface area contributed by atoms with E-state index in [0.717, 1.165) is 30.9 Å². The first-order valence-electron chi connectivity index (χ1n) is 9.84. The molecule has 1 saturated heterocycles. The van der Waals surface area contributed by atoms with Crippen LogP contribution in [0.15, 0.2) is 53.7 Å². The molecule has 0 aliphatic carbocycles. The number of hydrogen-bond donors (Lipinski definition) is 2. The van der Waals surface area contributed by atoms with Crippen molar-refractivity contribution in [2.45, 2.75) is 12.8 Å². The largest absolute Gasteiger partial charge is 0.370 e. The number of halogens is 2. The Kier molecular flexibility index (Phi) is 9.78. The van der Waals surface area contributed by atoms with E-state index in [2.05, 4.69) is 20.2 Å². The number of carbonyl (C=O) groups excluding carboxylic acids is 1. The van der Waals surface area contributed by atoms with Gasteiger partial charge in [0.05, 0.1) is 6.54 Å². The molecule has 0 saturated carbocycles. The molecule has 1 fully saturated rings. The lowest BCUT2D eigenvalue weighted by Crippen LogP contribution is -2.49. The number of nitrogens with zero attached hydrogens (tertiary/aromatic N) is 4. The van der Waals surface area contributed by atoms with Crippen molar-refractivity contribution in [3.05, 3.63) is 60.2 Å². The molecule has 2 heterocycles. The summed E-state index contributed by atoms with van der Waals surface area (Å²) < 4.78 is 13.0. The Hall–Kier alpha value is -2.43. The Balaban J connectivity index is 0.00000320. The van der Waals surface area contributed by atoms with Crippen LogP contribution in [0.25, 0.3) is 0 Å². The minimum absolute atomic E-state index is 0. The molecule has 1 aromatic heterocycles. The zero-order chi connectivity index (χ0) is 20.5. The van der Waals surface area contributed by atoms with E-state index in [1.807, 2.05) is 23.1 Å². The summed E-state index contributed by atoms with van der Waals surface area (Å²) in [6.45, 7) is 3.77. The molecule has 0 unspecified atom stereocenters. The van der Waals surface area contributed by atoms with Crippen molar-refractivity contribution in [3.8, 4) is 0 Å². The molecule has 0 atom stereocenters.